The normalized spacial score (nSPS) is 15.8. The van der Waals surface area contributed by atoms with Crippen molar-refractivity contribution in [1.82, 2.24) is 15.4 Å². The summed E-state index contributed by atoms with van der Waals surface area (Å²) in [5, 5.41) is 7.18. The van der Waals surface area contributed by atoms with E-state index in [1.807, 2.05) is 32.0 Å². The predicted molar refractivity (Wildman–Crippen MR) is 87.9 cm³/mol. The Morgan fingerprint density at radius 2 is 2.00 bits per heavy atom. The molecule has 0 saturated heterocycles. The largest absolute Gasteiger partial charge is 0.361 e. The molecule has 1 saturated carbocycles. The topological polar surface area (TPSA) is 58.4 Å². The van der Waals surface area contributed by atoms with Crippen LogP contribution in [0.2, 0.25) is 0 Å². The molecule has 0 atom stereocenters. The van der Waals surface area contributed by atoms with Crippen molar-refractivity contribution < 1.29 is 9.32 Å². The van der Waals surface area contributed by atoms with Crippen LogP contribution in [0.15, 0.2) is 34.9 Å². The highest BCUT2D eigenvalue weighted by Gasteiger charge is 2.40. The number of benzene rings is 1. The van der Waals surface area contributed by atoms with E-state index in [0.717, 1.165) is 36.3 Å². The molecule has 2 aromatic rings. The molecule has 122 valence electrons. The summed E-state index contributed by atoms with van der Waals surface area (Å²) in [5.74, 6) is 0.767. The van der Waals surface area contributed by atoms with E-state index < -0.39 is 0 Å². The van der Waals surface area contributed by atoms with Crippen LogP contribution >= 0.6 is 0 Å². The molecule has 0 unspecified atom stereocenters. The number of hydrogen-bond acceptors (Lipinski definition) is 3. The lowest BCUT2D eigenvalue weighted by atomic mass is 9.72. The third-order valence-electron chi connectivity index (χ3n) is 4.80. The maximum atomic E-state index is 12.6. The summed E-state index contributed by atoms with van der Waals surface area (Å²) in [4.78, 5) is 14.3. The Labute approximate surface area is 136 Å². The Bertz CT molecular complexity index is 670. The van der Waals surface area contributed by atoms with Gasteiger partial charge in [-0.05, 0) is 38.7 Å². The minimum atomic E-state index is -0.217. The summed E-state index contributed by atoms with van der Waals surface area (Å²) in [6, 6.07) is 10.2. The average molecular weight is 313 g/mol. The fourth-order valence-corrected chi connectivity index (χ4v) is 3.11. The molecule has 0 spiro atoms. The van der Waals surface area contributed by atoms with Gasteiger partial charge in [-0.15, -0.1) is 0 Å². The lowest BCUT2D eigenvalue weighted by Gasteiger charge is -2.43. The van der Waals surface area contributed by atoms with Crippen LogP contribution in [0.1, 0.15) is 41.8 Å². The van der Waals surface area contributed by atoms with Crippen molar-refractivity contribution in [2.45, 2.75) is 45.2 Å². The number of nitrogens with one attached hydrogen (secondary N) is 1. The number of urea groups is 1. The first-order chi connectivity index (χ1) is 11.0. The summed E-state index contributed by atoms with van der Waals surface area (Å²) in [5.41, 5.74) is 2.78. The molecule has 1 fully saturated rings. The van der Waals surface area contributed by atoms with E-state index in [9.17, 15) is 4.79 Å². The number of hydrogen-bond donors (Lipinski definition) is 1. The van der Waals surface area contributed by atoms with Crippen molar-refractivity contribution in [2.24, 2.45) is 0 Å². The van der Waals surface area contributed by atoms with E-state index in [2.05, 4.69) is 22.6 Å². The third-order valence-corrected chi connectivity index (χ3v) is 4.80. The van der Waals surface area contributed by atoms with Gasteiger partial charge in [0.2, 0.25) is 0 Å². The molecule has 0 aliphatic heterocycles. The summed E-state index contributed by atoms with van der Waals surface area (Å²) in [7, 11) is 1.80. The minimum absolute atomic E-state index is 0.0615. The fourth-order valence-electron chi connectivity index (χ4n) is 3.11. The Kier molecular flexibility index (Phi) is 4.11. The highest BCUT2D eigenvalue weighted by Crippen LogP contribution is 2.41. The van der Waals surface area contributed by atoms with Crippen molar-refractivity contribution in [3.63, 3.8) is 0 Å². The van der Waals surface area contributed by atoms with Crippen LogP contribution in [-0.2, 0) is 12.1 Å². The number of carbonyl (C=O) groups is 1. The first-order valence-corrected chi connectivity index (χ1v) is 8.02. The number of aryl methyl sites for hydroxylation is 2. The molecule has 5 nitrogen and oxygen atoms in total. The van der Waals surface area contributed by atoms with Crippen molar-refractivity contribution >= 4 is 6.03 Å². The number of amides is 2. The van der Waals surface area contributed by atoms with Gasteiger partial charge in [-0.25, -0.2) is 4.79 Å². The van der Waals surface area contributed by atoms with Crippen molar-refractivity contribution in [2.75, 3.05) is 7.05 Å². The maximum Gasteiger partial charge on any atom is 0.318 e. The van der Waals surface area contributed by atoms with Gasteiger partial charge in [0.25, 0.3) is 0 Å². The van der Waals surface area contributed by atoms with Crippen LogP contribution in [0.25, 0.3) is 0 Å². The highest BCUT2D eigenvalue weighted by atomic mass is 16.5. The Morgan fingerprint density at radius 1 is 1.30 bits per heavy atom. The molecule has 5 heteroatoms. The van der Waals surface area contributed by atoms with Crippen molar-refractivity contribution in [3.8, 4) is 0 Å². The van der Waals surface area contributed by atoms with Crippen LogP contribution in [0, 0.1) is 13.8 Å². The van der Waals surface area contributed by atoms with E-state index in [0.29, 0.717) is 6.54 Å². The minimum Gasteiger partial charge on any atom is -0.361 e. The van der Waals surface area contributed by atoms with Crippen LogP contribution in [-0.4, -0.2) is 23.1 Å². The van der Waals surface area contributed by atoms with Crippen LogP contribution in [0.4, 0.5) is 4.79 Å². The first kappa shape index (κ1) is 15.6. The lowest BCUT2D eigenvalue weighted by Crippen LogP contribution is -2.54. The third kappa shape index (κ3) is 2.96. The molecular formula is C18H23N3O2. The van der Waals surface area contributed by atoms with Gasteiger partial charge in [0, 0.05) is 12.6 Å². The number of nitrogens with zero attached hydrogens (tertiary/aromatic N) is 2. The summed E-state index contributed by atoms with van der Waals surface area (Å²) in [6.07, 6.45) is 3.12. The Hall–Kier alpha value is -2.30. The van der Waals surface area contributed by atoms with E-state index in [4.69, 9.17) is 4.52 Å². The summed E-state index contributed by atoms with van der Waals surface area (Å²) in [6.45, 7) is 4.27. The number of rotatable bonds is 4. The monoisotopic (exact) mass is 313 g/mol. The molecule has 0 radical (unpaired) electrons. The van der Waals surface area contributed by atoms with Gasteiger partial charge in [0.15, 0.2) is 0 Å². The van der Waals surface area contributed by atoms with Gasteiger partial charge < -0.3 is 14.7 Å². The second-order valence-electron chi connectivity index (χ2n) is 6.39. The zero-order chi connectivity index (χ0) is 16.4. The standard InChI is InChI=1S/C18H23N3O2/c1-13-16(14(2)23-20-13)12-21(3)17(22)19-18(10-7-11-18)15-8-5-4-6-9-15/h4-6,8-9H,7,10-12H2,1-3H3,(H,19,22). The second-order valence-corrected chi connectivity index (χ2v) is 6.39. The zero-order valence-corrected chi connectivity index (χ0v) is 13.9. The lowest BCUT2D eigenvalue weighted by molar-refractivity contribution is 0.154. The maximum absolute atomic E-state index is 12.6. The molecule has 0 bridgehead atoms. The molecule has 1 aliphatic rings. The van der Waals surface area contributed by atoms with Gasteiger partial charge in [0.05, 0.1) is 17.8 Å². The fraction of sp³-hybridized carbons (Fsp3) is 0.444. The Morgan fingerprint density at radius 3 is 2.52 bits per heavy atom. The van der Waals surface area contributed by atoms with E-state index >= 15 is 0 Å². The van der Waals surface area contributed by atoms with E-state index in [1.165, 1.54) is 5.56 Å². The smallest absolute Gasteiger partial charge is 0.318 e. The second kappa shape index (κ2) is 6.07. The van der Waals surface area contributed by atoms with Crippen molar-refractivity contribution in [3.05, 3.63) is 52.9 Å². The predicted octanol–water partition coefficient (Wildman–Crippen LogP) is 3.51. The summed E-state index contributed by atoms with van der Waals surface area (Å²) < 4.78 is 5.17. The molecule has 3 rings (SSSR count). The Balaban J connectivity index is 1.71. The SMILES string of the molecule is Cc1noc(C)c1CN(C)C(=O)NC1(c2ccccc2)CCC1. The van der Waals surface area contributed by atoms with Gasteiger partial charge >= 0.3 is 6.03 Å². The first-order valence-electron chi connectivity index (χ1n) is 8.02. The molecule has 1 heterocycles. The van der Waals surface area contributed by atoms with E-state index in [-0.39, 0.29) is 11.6 Å². The highest BCUT2D eigenvalue weighted by molar-refractivity contribution is 5.75. The van der Waals surface area contributed by atoms with Gasteiger partial charge in [-0.3, -0.25) is 0 Å². The quantitative estimate of drug-likeness (QED) is 0.939. The molecule has 1 aromatic carbocycles. The molecule has 1 aliphatic carbocycles. The molecule has 2 amide bonds. The number of aromatic nitrogens is 1. The van der Waals surface area contributed by atoms with Gasteiger partial charge in [-0.2, -0.15) is 0 Å². The van der Waals surface area contributed by atoms with Gasteiger partial charge in [0.1, 0.15) is 5.76 Å². The molecule has 23 heavy (non-hydrogen) atoms. The van der Waals surface area contributed by atoms with Crippen molar-refractivity contribution in [1.29, 1.82) is 0 Å². The average Bonchev–Trinajstić information content (AvgIpc) is 2.83. The van der Waals surface area contributed by atoms with Crippen LogP contribution < -0.4 is 5.32 Å². The molecular weight excluding hydrogens is 290 g/mol. The van der Waals surface area contributed by atoms with Crippen LogP contribution in [0.5, 0.6) is 0 Å². The molecule has 1 N–H and O–H groups in total. The molecule has 1 aromatic heterocycles. The van der Waals surface area contributed by atoms with Gasteiger partial charge in [-0.1, -0.05) is 35.5 Å². The van der Waals surface area contributed by atoms with E-state index in [1.54, 1.807) is 11.9 Å². The number of carbonyl (C=O) groups excluding carboxylic acids is 1. The zero-order valence-electron chi connectivity index (χ0n) is 13.9. The van der Waals surface area contributed by atoms with Crippen LogP contribution in [0.3, 0.4) is 0 Å². The summed E-state index contributed by atoms with van der Waals surface area (Å²) >= 11 is 0.